The summed E-state index contributed by atoms with van der Waals surface area (Å²) in [6.45, 7) is 4.78. The van der Waals surface area contributed by atoms with Crippen LogP contribution in [0.5, 0.6) is 0 Å². The first-order valence-electron chi connectivity index (χ1n) is 6.18. The molecule has 0 aliphatic heterocycles. The molecule has 0 saturated carbocycles. The molecule has 3 heteroatoms. The molecule has 0 saturated heterocycles. The Morgan fingerprint density at radius 3 is 2.24 bits per heavy atom. The van der Waals surface area contributed by atoms with Crippen molar-refractivity contribution in [3.8, 4) is 0 Å². The van der Waals surface area contributed by atoms with Gasteiger partial charge in [0.05, 0.1) is 6.10 Å². The SMILES string of the molecule is CC(C)CCC(O)C(CN)c1ccc(Cl)cc1. The minimum absolute atomic E-state index is 0.00557. The summed E-state index contributed by atoms with van der Waals surface area (Å²) in [5.74, 6) is 0.610. The van der Waals surface area contributed by atoms with Crippen LogP contribution < -0.4 is 5.73 Å². The Hall–Kier alpha value is -0.570. The van der Waals surface area contributed by atoms with E-state index in [1.807, 2.05) is 24.3 Å². The van der Waals surface area contributed by atoms with Gasteiger partial charge in [-0.05, 0) is 36.5 Å². The highest BCUT2D eigenvalue weighted by atomic mass is 35.5. The average molecular weight is 256 g/mol. The summed E-state index contributed by atoms with van der Waals surface area (Å²) < 4.78 is 0. The van der Waals surface area contributed by atoms with Crippen LogP contribution in [0, 0.1) is 5.92 Å². The number of benzene rings is 1. The van der Waals surface area contributed by atoms with Crippen LogP contribution in [0.1, 0.15) is 38.2 Å². The quantitative estimate of drug-likeness (QED) is 0.820. The van der Waals surface area contributed by atoms with Crippen LogP contribution in [0.4, 0.5) is 0 Å². The Bertz CT molecular complexity index is 323. The van der Waals surface area contributed by atoms with Crippen molar-refractivity contribution in [2.45, 2.75) is 38.7 Å². The first kappa shape index (κ1) is 14.5. The Balaban J connectivity index is 2.66. The van der Waals surface area contributed by atoms with E-state index in [2.05, 4.69) is 13.8 Å². The second kappa shape index (κ2) is 7.00. The molecular formula is C14H22ClNO. The van der Waals surface area contributed by atoms with E-state index in [1.165, 1.54) is 0 Å². The third-order valence-corrected chi connectivity index (χ3v) is 3.31. The zero-order chi connectivity index (χ0) is 12.8. The van der Waals surface area contributed by atoms with Gasteiger partial charge in [0.25, 0.3) is 0 Å². The first-order chi connectivity index (χ1) is 8.04. The van der Waals surface area contributed by atoms with Crippen LogP contribution in [0.3, 0.4) is 0 Å². The van der Waals surface area contributed by atoms with Crippen molar-refractivity contribution in [1.82, 2.24) is 0 Å². The lowest BCUT2D eigenvalue weighted by atomic mass is 9.89. The standard InChI is InChI=1S/C14H22ClNO/c1-10(2)3-8-14(17)13(9-16)11-4-6-12(15)7-5-11/h4-7,10,13-14,17H,3,8-9,16H2,1-2H3. The molecule has 1 rings (SSSR count). The minimum atomic E-state index is -0.372. The van der Waals surface area contributed by atoms with Crippen molar-refractivity contribution in [2.24, 2.45) is 11.7 Å². The summed E-state index contributed by atoms with van der Waals surface area (Å²) in [5.41, 5.74) is 6.82. The van der Waals surface area contributed by atoms with Gasteiger partial charge < -0.3 is 10.8 Å². The maximum absolute atomic E-state index is 10.2. The number of rotatable bonds is 6. The van der Waals surface area contributed by atoms with Gasteiger partial charge in [0.2, 0.25) is 0 Å². The van der Waals surface area contributed by atoms with Crippen molar-refractivity contribution < 1.29 is 5.11 Å². The maximum Gasteiger partial charge on any atom is 0.0621 e. The molecule has 0 aromatic heterocycles. The zero-order valence-corrected chi connectivity index (χ0v) is 11.3. The minimum Gasteiger partial charge on any atom is -0.392 e. The van der Waals surface area contributed by atoms with E-state index >= 15 is 0 Å². The second-order valence-corrected chi connectivity index (χ2v) is 5.37. The molecule has 0 radical (unpaired) electrons. The molecule has 0 spiro atoms. The van der Waals surface area contributed by atoms with Crippen LogP contribution in [0.15, 0.2) is 24.3 Å². The lowest BCUT2D eigenvalue weighted by Gasteiger charge is -2.22. The van der Waals surface area contributed by atoms with Crippen LogP contribution in [-0.2, 0) is 0 Å². The van der Waals surface area contributed by atoms with Gasteiger partial charge >= 0.3 is 0 Å². The molecule has 0 heterocycles. The molecule has 2 nitrogen and oxygen atoms in total. The van der Waals surface area contributed by atoms with Gasteiger partial charge in [0.1, 0.15) is 0 Å². The monoisotopic (exact) mass is 255 g/mol. The van der Waals surface area contributed by atoms with E-state index in [-0.39, 0.29) is 12.0 Å². The molecule has 0 fully saturated rings. The fourth-order valence-corrected chi connectivity index (χ4v) is 2.06. The fraction of sp³-hybridized carbons (Fsp3) is 0.571. The second-order valence-electron chi connectivity index (χ2n) is 4.93. The summed E-state index contributed by atoms with van der Waals surface area (Å²) >= 11 is 5.85. The molecule has 0 aliphatic rings. The molecular weight excluding hydrogens is 234 g/mol. The Labute approximate surface area is 109 Å². The Morgan fingerprint density at radius 1 is 1.18 bits per heavy atom. The topological polar surface area (TPSA) is 46.2 Å². The molecule has 1 aromatic carbocycles. The van der Waals surface area contributed by atoms with Crippen molar-refractivity contribution >= 4 is 11.6 Å². The van der Waals surface area contributed by atoms with Gasteiger partial charge in [-0.2, -0.15) is 0 Å². The first-order valence-corrected chi connectivity index (χ1v) is 6.56. The maximum atomic E-state index is 10.2. The van der Waals surface area contributed by atoms with Gasteiger partial charge in [0, 0.05) is 17.5 Å². The third kappa shape index (κ3) is 4.66. The van der Waals surface area contributed by atoms with Gasteiger partial charge in [-0.25, -0.2) is 0 Å². The van der Waals surface area contributed by atoms with Crippen LogP contribution in [0.2, 0.25) is 5.02 Å². The number of nitrogens with two attached hydrogens (primary N) is 1. The summed E-state index contributed by atoms with van der Waals surface area (Å²) in [4.78, 5) is 0. The molecule has 3 N–H and O–H groups in total. The van der Waals surface area contributed by atoms with Crippen molar-refractivity contribution in [2.75, 3.05) is 6.54 Å². The molecule has 0 aliphatic carbocycles. The van der Waals surface area contributed by atoms with E-state index in [0.717, 1.165) is 18.4 Å². The van der Waals surface area contributed by atoms with Crippen LogP contribution in [0.25, 0.3) is 0 Å². The highest BCUT2D eigenvalue weighted by molar-refractivity contribution is 6.30. The summed E-state index contributed by atoms with van der Waals surface area (Å²) in [6, 6.07) is 7.57. The largest absolute Gasteiger partial charge is 0.392 e. The lowest BCUT2D eigenvalue weighted by molar-refractivity contribution is 0.129. The molecule has 17 heavy (non-hydrogen) atoms. The van der Waals surface area contributed by atoms with E-state index in [4.69, 9.17) is 17.3 Å². The van der Waals surface area contributed by atoms with E-state index < -0.39 is 0 Å². The average Bonchev–Trinajstić information content (AvgIpc) is 2.30. The normalized spacial score (nSPS) is 14.9. The van der Waals surface area contributed by atoms with Gasteiger partial charge in [0.15, 0.2) is 0 Å². The molecule has 2 atom stereocenters. The highest BCUT2D eigenvalue weighted by Gasteiger charge is 2.19. The predicted molar refractivity (Wildman–Crippen MR) is 73.3 cm³/mol. The van der Waals surface area contributed by atoms with Crippen molar-refractivity contribution in [3.63, 3.8) is 0 Å². The summed E-state index contributed by atoms with van der Waals surface area (Å²) in [7, 11) is 0. The van der Waals surface area contributed by atoms with Crippen molar-refractivity contribution in [3.05, 3.63) is 34.9 Å². The molecule has 0 amide bonds. The number of hydrogen-bond donors (Lipinski definition) is 2. The van der Waals surface area contributed by atoms with Gasteiger partial charge in [-0.15, -0.1) is 0 Å². The summed E-state index contributed by atoms with van der Waals surface area (Å²) in [5, 5.41) is 10.9. The Morgan fingerprint density at radius 2 is 1.76 bits per heavy atom. The highest BCUT2D eigenvalue weighted by Crippen LogP contribution is 2.24. The zero-order valence-electron chi connectivity index (χ0n) is 10.6. The van der Waals surface area contributed by atoms with Crippen LogP contribution >= 0.6 is 11.6 Å². The molecule has 2 unspecified atom stereocenters. The molecule has 0 bridgehead atoms. The lowest BCUT2D eigenvalue weighted by Crippen LogP contribution is -2.26. The molecule has 1 aromatic rings. The van der Waals surface area contributed by atoms with Crippen molar-refractivity contribution in [1.29, 1.82) is 0 Å². The summed E-state index contributed by atoms with van der Waals surface area (Å²) in [6.07, 6.45) is 1.44. The third-order valence-electron chi connectivity index (χ3n) is 3.06. The number of aliphatic hydroxyl groups excluding tert-OH is 1. The van der Waals surface area contributed by atoms with Gasteiger partial charge in [-0.3, -0.25) is 0 Å². The van der Waals surface area contributed by atoms with E-state index in [0.29, 0.717) is 17.5 Å². The number of halogens is 1. The molecule has 96 valence electrons. The number of aliphatic hydroxyl groups is 1. The fourth-order valence-electron chi connectivity index (χ4n) is 1.93. The van der Waals surface area contributed by atoms with Gasteiger partial charge in [-0.1, -0.05) is 37.6 Å². The predicted octanol–water partition coefficient (Wildman–Crippen LogP) is 3.18. The van der Waals surface area contributed by atoms with E-state index in [1.54, 1.807) is 0 Å². The smallest absolute Gasteiger partial charge is 0.0621 e. The van der Waals surface area contributed by atoms with Crippen LogP contribution in [-0.4, -0.2) is 17.8 Å². The van der Waals surface area contributed by atoms with E-state index in [9.17, 15) is 5.11 Å². The Kier molecular flexibility index (Phi) is 5.96. The number of hydrogen-bond acceptors (Lipinski definition) is 2.